The van der Waals surface area contributed by atoms with Crippen LogP contribution in [-0.4, -0.2) is 19.7 Å². The molecule has 0 aliphatic carbocycles. The average Bonchev–Trinajstić information content (AvgIpc) is 2.96. The second-order valence-corrected chi connectivity index (χ2v) is 4.29. The third-order valence-electron chi connectivity index (χ3n) is 3.06. The van der Waals surface area contributed by atoms with Gasteiger partial charge >= 0.3 is 5.69 Å². The molecule has 1 aromatic carbocycles. The predicted molar refractivity (Wildman–Crippen MR) is 73.1 cm³/mol. The molecule has 0 unspecified atom stereocenters. The smallest absolute Gasteiger partial charge is 0.330 e. The van der Waals surface area contributed by atoms with Crippen LogP contribution in [0.15, 0.2) is 41.5 Å². The third kappa shape index (κ3) is 1.74. The fraction of sp³-hybridized carbons (Fsp3) is 0.0769. The van der Waals surface area contributed by atoms with Crippen molar-refractivity contribution < 1.29 is 0 Å². The molecule has 4 N–H and O–H groups in total. The number of nitrogens with one attached hydrogen (secondary N) is 2. The van der Waals surface area contributed by atoms with Crippen molar-refractivity contribution in [1.82, 2.24) is 19.7 Å². The van der Waals surface area contributed by atoms with Gasteiger partial charge in [0, 0.05) is 23.0 Å². The van der Waals surface area contributed by atoms with E-state index in [-0.39, 0.29) is 5.69 Å². The largest absolute Gasteiger partial charge is 0.384 e. The molecule has 0 spiro atoms. The van der Waals surface area contributed by atoms with Crippen molar-refractivity contribution in [2.24, 2.45) is 0 Å². The van der Waals surface area contributed by atoms with Gasteiger partial charge in [-0.05, 0) is 13.0 Å². The number of aromatic amines is 2. The summed E-state index contributed by atoms with van der Waals surface area (Å²) in [7, 11) is 0. The first-order valence-electron chi connectivity index (χ1n) is 5.84. The summed E-state index contributed by atoms with van der Waals surface area (Å²) in [5.41, 5.74) is 8.93. The number of aryl methyl sites for hydroxylation is 1. The first-order valence-corrected chi connectivity index (χ1v) is 5.84. The Morgan fingerprint density at radius 3 is 2.68 bits per heavy atom. The maximum atomic E-state index is 11.9. The Morgan fingerprint density at radius 1 is 1.26 bits per heavy atom. The minimum absolute atomic E-state index is 0.174. The number of aromatic nitrogens is 4. The van der Waals surface area contributed by atoms with Crippen LogP contribution in [-0.2, 0) is 0 Å². The number of hydrogen-bond acceptors (Lipinski definition) is 3. The normalized spacial score (nSPS) is 10.8. The van der Waals surface area contributed by atoms with E-state index in [9.17, 15) is 4.79 Å². The molecule has 2 aromatic heterocycles. The highest BCUT2D eigenvalue weighted by atomic mass is 16.1. The Balaban J connectivity index is 2.30. The number of nitrogens with zero attached hydrogens (tertiary/aromatic N) is 2. The average molecular weight is 255 g/mol. The number of hydrogen-bond donors (Lipinski definition) is 3. The van der Waals surface area contributed by atoms with Gasteiger partial charge in [-0.25, -0.2) is 4.79 Å². The number of benzene rings is 1. The lowest BCUT2D eigenvalue weighted by Gasteiger charge is -2.10. The van der Waals surface area contributed by atoms with Crippen molar-refractivity contribution in [2.75, 3.05) is 5.73 Å². The minimum Gasteiger partial charge on any atom is -0.384 e. The van der Waals surface area contributed by atoms with Crippen LogP contribution in [0.3, 0.4) is 0 Å². The molecule has 3 rings (SSSR count). The molecule has 96 valence electrons. The SMILES string of the molecule is Cc1c[nH]c(=O)n1-c1ccccc1-c1cn[nH]c1N. The Bertz CT molecular complexity index is 780. The number of rotatable bonds is 2. The summed E-state index contributed by atoms with van der Waals surface area (Å²) in [6.45, 7) is 1.87. The van der Waals surface area contributed by atoms with E-state index in [2.05, 4.69) is 15.2 Å². The maximum absolute atomic E-state index is 11.9. The van der Waals surface area contributed by atoms with E-state index in [1.165, 1.54) is 0 Å². The highest BCUT2D eigenvalue weighted by Crippen LogP contribution is 2.29. The lowest BCUT2D eigenvalue weighted by atomic mass is 10.1. The second kappa shape index (κ2) is 4.16. The number of H-pyrrole nitrogens is 2. The van der Waals surface area contributed by atoms with Crippen LogP contribution in [0.5, 0.6) is 0 Å². The molecule has 3 aromatic rings. The Labute approximate surface area is 108 Å². The zero-order valence-corrected chi connectivity index (χ0v) is 10.3. The van der Waals surface area contributed by atoms with E-state index < -0.39 is 0 Å². The summed E-state index contributed by atoms with van der Waals surface area (Å²) in [6, 6.07) is 7.58. The van der Waals surface area contributed by atoms with Crippen molar-refractivity contribution >= 4 is 5.82 Å². The third-order valence-corrected chi connectivity index (χ3v) is 3.06. The molecule has 0 bridgehead atoms. The van der Waals surface area contributed by atoms with Gasteiger partial charge in [-0.15, -0.1) is 0 Å². The molecule has 0 atom stereocenters. The van der Waals surface area contributed by atoms with Crippen LogP contribution in [0, 0.1) is 6.92 Å². The summed E-state index contributed by atoms with van der Waals surface area (Å²) in [4.78, 5) is 14.6. The second-order valence-electron chi connectivity index (χ2n) is 4.29. The van der Waals surface area contributed by atoms with Crippen LogP contribution < -0.4 is 11.4 Å². The molecule has 0 saturated heterocycles. The Morgan fingerprint density at radius 2 is 2.05 bits per heavy atom. The van der Waals surface area contributed by atoms with Crippen LogP contribution in [0.4, 0.5) is 5.82 Å². The van der Waals surface area contributed by atoms with Gasteiger partial charge in [0.2, 0.25) is 0 Å². The molecule has 6 nitrogen and oxygen atoms in total. The number of para-hydroxylation sites is 1. The molecule has 2 heterocycles. The van der Waals surface area contributed by atoms with Gasteiger partial charge in [0.05, 0.1) is 11.9 Å². The summed E-state index contributed by atoms with van der Waals surface area (Å²) >= 11 is 0. The first-order chi connectivity index (χ1) is 9.18. The predicted octanol–water partition coefficient (Wildman–Crippen LogP) is 1.45. The van der Waals surface area contributed by atoms with Crippen molar-refractivity contribution in [3.8, 4) is 16.8 Å². The quantitative estimate of drug-likeness (QED) is 0.647. The molecule has 19 heavy (non-hydrogen) atoms. The standard InChI is InChI=1S/C13H13N5O/c1-8-6-15-13(19)18(8)11-5-3-2-4-9(11)10-7-16-17-12(10)14/h2-7H,1H3,(H,15,19)(H3,14,16,17). The van der Waals surface area contributed by atoms with Gasteiger partial charge in [-0.3, -0.25) is 9.67 Å². The van der Waals surface area contributed by atoms with Crippen molar-refractivity contribution in [2.45, 2.75) is 6.92 Å². The number of nitrogen functional groups attached to an aromatic ring is 1. The van der Waals surface area contributed by atoms with Crippen molar-refractivity contribution in [3.05, 3.63) is 52.8 Å². The molecule has 0 aliphatic rings. The summed E-state index contributed by atoms with van der Waals surface area (Å²) < 4.78 is 1.61. The highest BCUT2D eigenvalue weighted by molar-refractivity contribution is 5.79. The Hall–Kier alpha value is -2.76. The van der Waals surface area contributed by atoms with E-state index in [0.717, 1.165) is 22.5 Å². The highest BCUT2D eigenvalue weighted by Gasteiger charge is 2.13. The van der Waals surface area contributed by atoms with Crippen LogP contribution in [0.1, 0.15) is 5.69 Å². The Kier molecular flexibility index (Phi) is 2.49. The maximum Gasteiger partial charge on any atom is 0.330 e. The van der Waals surface area contributed by atoms with E-state index in [1.807, 2.05) is 31.2 Å². The van der Waals surface area contributed by atoms with Crippen LogP contribution >= 0.6 is 0 Å². The van der Waals surface area contributed by atoms with Gasteiger partial charge < -0.3 is 10.7 Å². The van der Waals surface area contributed by atoms with E-state index in [0.29, 0.717) is 5.82 Å². The molecule has 0 amide bonds. The summed E-state index contributed by atoms with van der Waals surface area (Å²) in [5, 5.41) is 6.62. The zero-order chi connectivity index (χ0) is 13.4. The molecule has 0 saturated carbocycles. The van der Waals surface area contributed by atoms with Crippen molar-refractivity contribution in [3.63, 3.8) is 0 Å². The lowest BCUT2D eigenvalue weighted by Crippen LogP contribution is -2.16. The zero-order valence-electron chi connectivity index (χ0n) is 10.3. The summed E-state index contributed by atoms with van der Waals surface area (Å²) in [6.07, 6.45) is 3.33. The van der Waals surface area contributed by atoms with Gasteiger partial charge in [-0.2, -0.15) is 5.10 Å². The number of nitrogens with two attached hydrogens (primary N) is 1. The number of imidazole rings is 1. The molecule has 0 radical (unpaired) electrons. The van der Waals surface area contributed by atoms with Gasteiger partial charge in [0.1, 0.15) is 5.82 Å². The number of anilines is 1. The van der Waals surface area contributed by atoms with Gasteiger partial charge in [0.25, 0.3) is 0 Å². The van der Waals surface area contributed by atoms with Gasteiger partial charge in [0.15, 0.2) is 0 Å². The van der Waals surface area contributed by atoms with Crippen LogP contribution in [0.25, 0.3) is 16.8 Å². The fourth-order valence-corrected chi connectivity index (χ4v) is 2.16. The summed E-state index contributed by atoms with van der Waals surface area (Å²) in [5.74, 6) is 0.480. The molecule has 0 aliphatic heterocycles. The van der Waals surface area contributed by atoms with Crippen molar-refractivity contribution in [1.29, 1.82) is 0 Å². The topological polar surface area (TPSA) is 92.5 Å². The lowest BCUT2D eigenvalue weighted by molar-refractivity contribution is 0.951. The molecular weight excluding hydrogens is 242 g/mol. The molecule has 0 fully saturated rings. The monoisotopic (exact) mass is 255 g/mol. The van der Waals surface area contributed by atoms with Crippen LogP contribution in [0.2, 0.25) is 0 Å². The minimum atomic E-state index is -0.174. The fourth-order valence-electron chi connectivity index (χ4n) is 2.16. The van der Waals surface area contributed by atoms with E-state index >= 15 is 0 Å². The first kappa shape index (κ1) is 11.3. The van der Waals surface area contributed by atoms with E-state index in [4.69, 9.17) is 5.73 Å². The van der Waals surface area contributed by atoms with Gasteiger partial charge in [-0.1, -0.05) is 18.2 Å². The molecule has 6 heteroatoms. The van der Waals surface area contributed by atoms with E-state index in [1.54, 1.807) is 17.0 Å². The molecular formula is C13H13N5O.